The van der Waals surface area contributed by atoms with E-state index in [4.69, 9.17) is 0 Å². The van der Waals surface area contributed by atoms with E-state index >= 15 is 0 Å². The number of carbonyl (C=O) groups excluding carboxylic acids is 1. The van der Waals surface area contributed by atoms with Crippen LogP contribution in [0.15, 0.2) is 17.5 Å². The molecule has 0 saturated heterocycles. The minimum absolute atomic E-state index is 0.324. The van der Waals surface area contributed by atoms with Crippen LogP contribution in [0.5, 0.6) is 0 Å². The summed E-state index contributed by atoms with van der Waals surface area (Å²) in [7, 11) is 0. The van der Waals surface area contributed by atoms with Crippen molar-refractivity contribution in [3.63, 3.8) is 0 Å². The molecular formula is C16H25BrOS. The highest BCUT2D eigenvalue weighted by Gasteiger charge is 2.05. The molecule has 0 spiro atoms. The summed E-state index contributed by atoms with van der Waals surface area (Å²) in [4.78, 5) is 12.7. The summed E-state index contributed by atoms with van der Waals surface area (Å²) in [6, 6.07) is 3.88. The van der Waals surface area contributed by atoms with Crippen molar-refractivity contribution in [1.82, 2.24) is 0 Å². The standard InChI is InChI=1S/C16H25BrOS/c17-13-9-7-5-3-1-2-4-6-8-11-15(18)16-12-10-14-19-16/h10,12,14H,1-9,11,13H2. The highest BCUT2D eigenvalue weighted by molar-refractivity contribution is 9.09. The molecule has 1 heterocycles. The van der Waals surface area contributed by atoms with Crippen molar-refractivity contribution in [2.24, 2.45) is 0 Å². The molecule has 0 fully saturated rings. The number of alkyl halides is 1. The molecule has 0 unspecified atom stereocenters. The Balaban J connectivity index is 1.85. The highest BCUT2D eigenvalue weighted by Crippen LogP contribution is 2.15. The van der Waals surface area contributed by atoms with Crippen LogP contribution in [0.1, 0.15) is 73.9 Å². The minimum atomic E-state index is 0.324. The third kappa shape index (κ3) is 8.59. The molecule has 0 N–H and O–H groups in total. The van der Waals surface area contributed by atoms with Gasteiger partial charge in [0.2, 0.25) is 0 Å². The monoisotopic (exact) mass is 344 g/mol. The van der Waals surface area contributed by atoms with E-state index in [0.717, 1.165) is 23.0 Å². The Labute approximate surface area is 129 Å². The zero-order valence-electron chi connectivity index (χ0n) is 11.7. The van der Waals surface area contributed by atoms with E-state index in [1.165, 1.54) is 51.4 Å². The third-order valence-corrected chi connectivity index (χ3v) is 4.81. The lowest BCUT2D eigenvalue weighted by Gasteiger charge is -2.01. The van der Waals surface area contributed by atoms with Gasteiger partial charge >= 0.3 is 0 Å². The molecule has 1 aromatic rings. The number of carbonyl (C=O) groups is 1. The molecule has 0 atom stereocenters. The van der Waals surface area contributed by atoms with Gasteiger partial charge in [0.05, 0.1) is 4.88 Å². The number of unbranched alkanes of at least 4 members (excludes halogenated alkanes) is 8. The number of rotatable bonds is 12. The molecule has 0 aromatic carbocycles. The van der Waals surface area contributed by atoms with Crippen LogP contribution >= 0.6 is 27.3 Å². The molecule has 1 rings (SSSR count). The van der Waals surface area contributed by atoms with Gasteiger partial charge in [-0.05, 0) is 24.3 Å². The summed E-state index contributed by atoms with van der Waals surface area (Å²) in [5.74, 6) is 0.324. The number of halogens is 1. The predicted molar refractivity (Wildman–Crippen MR) is 88.6 cm³/mol. The lowest BCUT2D eigenvalue weighted by molar-refractivity contribution is 0.0983. The topological polar surface area (TPSA) is 17.1 Å². The average molecular weight is 345 g/mol. The molecule has 0 aliphatic rings. The van der Waals surface area contributed by atoms with Crippen molar-refractivity contribution >= 4 is 33.0 Å². The summed E-state index contributed by atoms with van der Waals surface area (Å²) in [5.41, 5.74) is 0. The molecule has 0 aliphatic heterocycles. The van der Waals surface area contributed by atoms with Crippen LogP contribution in [0, 0.1) is 0 Å². The van der Waals surface area contributed by atoms with Gasteiger partial charge in [0.1, 0.15) is 0 Å². The van der Waals surface area contributed by atoms with Gasteiger partial charge in [-0.2, -0.15) is 0 Å². The van der Waals surface area contributed by atoms with Gasteiger partial charge in [-0.25, -0.2) is 0 Å². The quantitative estimate of drug-likeness (QED) is 0.249. The summed E-state index contributed by atoms with van der Waals surface area (Å²) < 4.78 is 0. The maximum Gasteiger partial charge on any atom is 0.172 e. The molecule has 0 amide bonds. The van der Waals surface area contributed by atoms with E-state index in [1.807, 2.05) is 17.5 Å². The zero-order chi connectivity index (χ0) is 13.8. The van der Waals surface area contributed by atoms with Crippen LogP contribution in [0.4, 0.5) is 0 Å². The van der Waals surface area contributed by atoms with Gasteiger partial charge in [0, 0.05) is 11.8 Å². The third-order valence-electron chi connectivity index (χ3n) is 3.33. The first-order valence-electron chi connectivity index (χ1n) is 7.47. The molecule has 108 valence electrons. The fraction of sp³-hybridized carbons (Fsp3) is 0.688. The van der Waals surface area contributed by atoms with Crippen LogP contribution in [-0.4, -0.2) is 11.1 Å². The number of ketones is 1. The van der Waals surface area contributed by atoms with Crippen molar-refractivity contribution in [3.05, 3.63) is 22.4 Å². The second kappa shape index (κ2) is 11.7. The van der Waals surface area contributed by atoms with E-state index in [2.05, 4.69) is 15.9 Å². The van der Waals surface area contributed by atoms with Crippen LogP contribution in [0.2, 0.25) is 0 Å². The number of hydrogen-bond acceptors (Lipinski definition) is 2. The first-order valence-corrected chi connectivity index (χ1v) is 9.47. The van der Waals surface area contributed by atoms with Crippen molar-refractivity contribution in [2.45, 2.75) is 64.2 Å². The van der Waals surface area contributed by atoms with Gasteiger partial charge in [0.15, 0.2) is 5.78 Å². The first kappa shape index (κ1) is 16.9. The molecule has 0 saturated carbocycles. The Kier molecular flexibility index (Phi) is 10.4. The van der Waals surface area contributed by atoms with Crippen molar-refractivity contribution in [1.29, 1.82) is 0 Å². The fourth-order valence-corrected chi connectivity index (χ4v) is 3.27. The molecular weight excluding hydrogens is 320 g/mol. The molecule has 3 heteroatoms. The van der Waals surface area contributed by atoms with E-state index in [-0.39, 0.29) is 0 Å². The second-order valence-electron chi connectivity index (χ2n) is 5.02. The maximum absolute atomic E-state index is 11.7. The lowest BCUT2D eigenvalue weighted by atomic mass is 10.1. The molecule has 19 heavy (non-hydrogen) atoms. The summed E-state index contributed by atoms with van der Waals surface area (Å²) in [5, 5.41) is 3.12. The summed E-state index contributed by atoms with van der Waals surface area (Å²) in [6.45, 7) is 0. The highest BCUT2D eigenvalue weighted by atomic mass is 79.9. The van der Waals surface area contributed by atoms with Gasteiger partial charge in [0.25, 0.3) is 0 Å². The first-order chi connectivity index (χ1) is 9.34. The van der Waals surface area contributed by atoms with Crippen molar-refractivity contribution in [2.75, 3.05) is 5.33 Å². The smallest absolute Gasteiger partial charge is 0.172 e. The fourth-order valence-electron chi connectivity index (χ4n) is 2.18. The predicted octanol–water partition coefficient (Wildman–Crippen LogP) is 6.23. The van der Waals surface area contributed by atoms with Crippen LogP contribution < -0.4 is 0 Å². The van der Waals surface area contributed by atoms with Crippen LogP contribution in [0.3, 0.4) is 0 Å². The maximum atomic E-state index is 11.7. The Morgan fingerprint density at radius 3 is 2.05 bits per heavy atom. The van der Waals surface area contributed by atoms with Crippen molar-refractivity contribution in [3.8, 4) is 0 Å². The van der Waals surface area contributed by atoms with E-state index in [0.29, 0.717) is 5.78 Å². The lowest BCUT2D eigenvalue weighted by Crippen LogP contribution is -1.95. The van der Waals surface area contributed by atoms with Crippen LogP contribution in [0.25, 0.3) is 0 Å². The van der Waals surface area contributed by atoms with E-state index in [9.17, 15) is 4.79 Å². The van der Waals surface area contributed by atoms with Gasteiger partial charge < -0.3 is 0 Å². The second-order valence-corrected chi connectivity index (χ2v) is 6.76. The number of hydrogen-bond donors (Lipinski definition) is 0. The Hall–Kier alpha value is -0.150. The van der Waals surface area contributed by atoms with Gasteiger partial charge in [-0.1, -0.05) is 66.9 Å². The average Bonchev–Trinajstić information content (AvgIpc) is 2.95. The normalized spacial score (nSPS) is 10.8. The molecule has 0 aliphatic carbocycles. The Bertz CT molecular complexity index is 321. The molecule has 1 nitrogen and oxygen atoms in total. The van der Waals surface area contributed by atoms with Crippen LogP contribution in [-0.2, 0) is 0 Å². The van der Waals surface area contributed by atoms with Gasteiger partial charge in [-0.3, -0.25) is 4.79 Å². The number of Topliss-reactive ketones (excluding diaryl/α,β-unsaturated/α-hetero) is 1. The number of thiophene rings is 1. The molecule has 0 radical (unpaired) electrons. The largest absolute Gasteiger partial charge is 0.293 e. The van der Waals surface area contributed by atoms with Crippen molar-refractivity contribution < 1.29 is 4.79 Å². The summed E-state index contributed by atoms with van der Waals surface area (Å²) in [6.07, 6.45) is 12.4. The Morgan fingerprint density at radius 1 is 0.947 bits per heavy atom. The Morgan fingerprint density at radius 2 is 1.53 bits per heavy atom. The zero-order valence-corrected chi connectivity index (χ0v) is 14.1. The molecule has 0 bridgehead atoms. The molecule has 1 aromatic heterocycles. The van der Waals surface area contributed by atoms with E-state index < -0.39 is 0 Å². The summed E-state index contributed by atoms with van der Waals surface area (Å²) >= 11 is 5.02. The van der Waals surface area contributed by atoms with Gasteiger partial charge in [-0.15, -0.1) is 11.3 Å². The van der Waals surface area contributed by atoms with E-state index in [1.54, 1.807) is 11.3 Å². The SMILES string of the molecule is O=C(CCCCCCCCCCCBr)c1cccs1. The minimum Gasteiger partial charge on any atom is -0.293 e.